The van der Waals surface area contributed by atoms with E-state index in [-0.39, 0.29) is 5.56 Å². The third-order valence-electron chi connectivity index (χ3n) is 5.93. The van der Waals surface area contributed by atoms with Gasteiger partial charge in [0.05, 0.1) is 17.8 Å². The zero-order valence-corrected chi connectivity index (χ0v) is 22.4. The van der Waals surface area contributed by atoms with Crippen molar-refractivity contribution in [3.8, 4) is 22.8 Å². The average molecular weight is 557 g/mol. The normalized spacial score (nSPS) is 10.7. The lowest BCUT2D eigenvalue weighted by Crippen LogP contribution is -2.23. The Bertz CT molecular complexity index is 1530. The molecule has 0 aliphatic heterocycles. The van der Waals surface area contributed by atoms with Crippen LogP contribution in [0.3, 0.4) is 0 Å². The fourth-order valence-electron chi connectivity index (χ4n) is 3.97. The molecule has 0 unspecified atom stereocenters. The van der Waals surface area contributed by atoms with Gasteiger partial charge >= 0.3 is 5.97 Å². The average Bonchev–Trinajstić information content (AvgIpc) is 3.46. The predicted octanol–water partition coefficient (Wildman–Crippen LogP) is 7.96. The van der Waals surface area contributed by atoms with Crippen LogP contribution in [0.1, 0.15) is 15.9 Å². The van der Waals surface area contributed by atoms with Crippen molar-refractivity contribution in [2.75, 3.05) is 18.1 Å². The van der Waals surface area contributed by atoms with Crippen LogP contribution in [0, 0.1) is 0 Å². The number of carboxylic acid groups (broad SMARTS) is 1. The van der Waals surface area contributed by atoms with Gasteiger partial charge in [0.2, 0.25) is 0 Å². The summed E-state index contributed by atoms with van der Waals surface area (Å²) in [6.07, 6.45) is 0. The van der Waals surface area contributed by atoms with Gasteiger partial charge in [0.1, 0.15) is 24.7 Å². The SMILES string of the molecule is O=C(O)c1ccc(N(CCOc2ccccc2)c2nc(-c3cc(Cl)ccc3OCc3ccccc3)cs2)cc1. The number of aromatic carboxylic acids is 1. The number of hydrogen-bond acceptors (Lipinski definition) is 6. The fourth-order valence-corrected chi connectivity index (χ4v) is 5.01. The first-order valence-corrected chi connectivity index (χ1v) is 13.5. The van der Waals surface area contributed by atoms with Gasteiger partial charge in [-0.2, -0.15) is 0 Å². The molecular formula is C31H25ClN2O4S. The maximum atomic E-state index is 11.4. The molecule has 1 N–H and O–H groups in total. The number of aromatic nitrogens is 1. The maximum Gasteiger partial charge on any atom is 0.335 e. The molecule has 0 atom stereocenters. The minimum absolute atomic E-state index is 0.221. The number of para-hydroxylation sites is 1. The number of carbonyl (C=O) groups is 1. The van der Waals surface area contributed by atoms with E-state index in [1.807, 2.05) is 83.1 Å². The van der Waals surface area contributed by atoms with Gasteiger partial charge in [-0.3, -0.25) is 0 Å². The lowest BCUT2D eigenvalue weighted by molar-refractivity contribution is 0.0697. The number of carboxylic acids is 1. The summed E-state index contributed by atoms with van der Waals surface area (Å²) < 4.78 is 12.1. The highest BCUT2D eigenvalue weighted by Gasteiger charge is 2.18. The van der Waals surface area contributed by atoms with E-state index in [9.17, 15) is 9.90 Å². The highest BCUT2D eigenvalue weighted by Crippen LogP contribution is 2.37. The van der Waals surface area contributed by atoms with Crippen LogP contribution in [0.15, 0.2) is 109 Å². The predicted molar refractivity (Wildman–Crippen MR) is 156 cm³/mol. The number of benzene rings is 4. The molecule has 0 spiro atoms. The van der Waals surface area contributed by atoms with Crippen molar-refractivity contribution in [3.05, 3.63) is 125 Å². The van der Waals surface area contributed by atoms with Crippen LogP contribution in [0.4, 0.5) is 10.8 Å². The van der Waals surface area contributed by atoms with Crippen molar-refractivity contribution < 1.29 is 19.4 Å². The Morgan fingerprint density at radius 1 is 0.897 bits per heavy atom. The Hall–Kier alpha value is -4.33. The monoisotopic (exact) mass is 556 g/mol. The van der Waals surface area contributed by atoms with Crippen LogP contribution in [0.5, 0.6) is 11.5 Å². The largest absolute Gasteiger partial charge is 0.492 e. The summed E-state index contributed by atoms with van der Waals surface area (Å²) in [6, 6.07) is 31.8. The molecule has 0 radical (unpaired) electrons. The lowest BCUT2D eigenvalue weighted by Gasteiger charge is -2.22. The molecule has 0 fully saturated rings. The fraction of sp³-hybridized carbons (Fsp3) is 0.0968. The molecule has 0 bridgehead atoms. The molecular weight excluding hydrogens is 532 g/mol. The number of thiazole rings is 1. The third kappa shape index (κ3) is 6.76. The second kappa shape index (κ2) is 12.5. The van der Waals surface area contributed by atoms with Gasteiger partial charge in [-0.15, -0.1) is 11.3 Å². The number of anilines is 2. The highest BCUT2D eigenvalue weighted by atomic mass is 35.5. The van der Waals surface area contributed by atoms with Crippen LogP contribution in [0.2, 0.25) is 5.02 Å². The first-order chi connectivity index (χ1) is 19.1. The van der Waals surface area contributed by atoms with Crippen molar-refractivity contribution >= 4 is 39.7 Å². The van der Waals surface area contributed by atoms with E-state index in [0.717, 1.165) is 33.4 Å². The Kier molecular flexibility index (Phi) is 8.41. The smallest absolute Gasteiger partial charge is 0.335 e. The Morgan fingerprint density at radius 2 is 1.62 bits per heavy atom. The quantitative estimate of drug-likeness (QED) is 0.178. The summed E-state index contributed by atoms with van der Waals surface area (Å²) in [5.74, 6) is 0.489. The first-order valence-electron chi connectivity index (χ1n) is 12.3. The van der Waals surface area contributed by atoms with Gasteiger partial charge in [-0.25, -0.2) is 9.78 Å². The number of nitrogens with zero attached hydrogens (tertiary/aromatic N) is 2. The van der Waals surface area contributed by atoms with Crippen LogP contribution in [0.25, 0.3) is 11.3 Å². The van der Waals surface area contributed by atoms with Gasteiger partial charge in [0, 0.05) is 21.7 Å². The molecule has 0 saturated carbocycles. The molecule has 0 saturated heterocycles. The summed E-state index contributed by atoms with van der Waals surface area (Å²) in [4.78, 5) is 18.3. The van der Waals surface area contributed by atoms with Crippen LogP contribution in [-0.2, 0) is 6.61 Å². The van der Waals surface area contributed by atoms with Crippen molar-refractivity contribution in [3.63, 3.8) is 0 Å². The summed E-state index contributed by atoms with van der Waals surface area (Å²) in [7, 11) is 0. The molecule has 0 aliphatic carbocycles. The summed E-state index contributed by atoms with van der Waals surface area (Å²) in [5.41, 5.74) is 3.62. The standard InChI is InChI=1S/C31H25ClN2O4S/c32-24-13-16-29(38-20-22-7-3-1-4-8-22)27(19-24)28-21-39-31(33-28)34(17-18-37-26-9-5-2-6-10-26)25-14-11-23(12-15-25)30(35)36/h1-16,19,21H,17-18,20H2,(H,35,36). The van der Waals surface area contributed by atoms with Crippen molar-refractivity contribution in [2.24, 2.45) is 0 Å². The topological polar surface area (TPSA) is 71.9 Å². The van der Waals surface area contributed by atoms with Crippen LogP contribution < -0.4 is 14.4 Å². The summed E-state index contributed by atoms with van der Waals surface area (Å²) in [6.45, 7) is 1.33. The van der Waals surface area contributed by atoms with E-state index < -0.39 is 5.97 Å². The number of halogens is 1. The number of rotatable bonds is 11. The lowest BCUT2D eigenvalue weighted by atomic mass is 10.1. The Morgan fingerprint density at radius 3 is 2.33 bits per heavy atom. The van der Waals surface area contributed by atoms with Gasteiger partial charge in [-0.05, 0) is 60.2 Å². The van der Waals surface area contributed by atoms with E-state index in [2.05, 4.69) is 0 Å². The highest BCUT2D eigenvalue weighted by molar-refractivity contribution is 7.14. The van der Waals surface area contributed by atoms with Crippen molar-refractivity contribution in [2.45, 2.75) is 6.61 Å². The molecule has 4 aromatic carbocycles. The van der Waals surface area contributed by atoms with Gasteiger partial charge in [0.15, 0.2) is 5.13 Å². The van der Waals surface area contributed by atoms with E-state index in [4.69, 9.17) is 26.1 Å². The Balaban J connectivity index is 1.41. The molecule has 5 rings (SSSR count). The molecule has 39 heavy (non-hydrogen) atoms. The molecule has 5 aromatic rings. The molecule has 8 heteroatoms. The van der Waals surface area contributed by atoms with E-state index in [0.29, 0.717) is 30.5 Å². The van der Waals surface area contributed by atoms with Crippen LogP contribution in [-0.4, -0.2) is 29.2 Å². The van der Waals surface area contributed by atoms with E-state index in [1.54, 1.807) is 30.3 Å². The van der Waals surface area contributed by atoms with E-state index in [1.165, 1.54) is 11.3 Å². The van der Waals surface area contributed by atoms with E-state index >= 15 is 0 Å². The molecule has 1 heterocycles. The zero-order valence-electron chi connectivity index (χ0n) is 20.9. The molecule has 0 aliphatic rings. The Labute approximate surface area is 235 Å². The molecule has 196 valence electrons. The zero-order chi connectivity index (χ0) is 27.0. The number of ether oxygens (including phenoxy) is 2. The third-order valence-corrected chi connectivity index (χ3v) is 7.03. The molecule has 6 nitrogen and oxygen atoms in total. The maximum absolute atomic E-state index is 11.4. The van der Waals surface area contributed by atoms with Crippen molar-refractivity contribution in [1.29, 1.82) is 0 Å². The van der Waals surface area contributed by atoms with Gasteiger partial charge in [0.25, 0.3) is 0 Å². The van der Waals surface area contributed by atoms with Gasteiger partial charge in [-0.1, -0.05) is 60.1 Å². The second-order valence-corrected chi connectivity index (χ2v) is 9.87. The second-order valence-electron chi connectivity index (χ2n) is 8.60. The first kappa shape index (κ1) is 26.3. The summed E-state index contributed by atoms with van der Waals surface area (Å²) >= 11 is 7.84. The minimum Gasteiger partial charge on any atom is -0.492 e. The number of hydrogen-bond donors (Lipinski definition) is 1. The minimum atomic E-state index is -0.971. The van der Waals surface area contributed by atoms with Crippen molar-refractivity contribution in [1.82, 2.24) is 4.98 Å². The molecule has 1 aromatic heterocycles. The van der Waals surface area contributed by atoms with Crippen LogP contribution >= 0.6 is 22.9 Å². The van der Waals surface area contributed by atoms with Gasteiger partial charge < -0.3 is 19.5 Å². The summed E-state index contributed by atoms with van der Waals surface area (Å²) in [5, 5.41) is 12.6. The molecule has 0 amide bonds.